The van der Waals surface area contributed by atoms with E-state index in [1.807, 2.05) is 20.9 Å². The maximum absolute atomic E-state index is 9.53. The predicted octanol–water partition coefficient (Wildman–Crippen LogP) is -1.36. The second kappa shape index (κ2) is 5.10. The molecule has 0 aliphatic carbocycles. The van der Waals surface area contributed by atoms with Crippen molar-refractivity contribution in [1.82, 2.24) is 0 Å². The second-order valence-electron chi connectivity index (χ2n) is 3.03. The van der Waals surface area contributed by atoms with Gasteiger partial charge >= 0.3 is 0 Å². The molecule has 0 fully saturated rings. The minimum Gasteiger partial charge on any atom is -1.00 e. The van der Waals surface area contributed by atoms with Crippen LogP contribution in [0.1, 0.15) is 27.2 Å². The number of nitrogens with zero attached hydrogens (tertiary/aromatic N) is 1. The van der Waals surface area contributed by atoms with Crippen LogP contribution in [0.25, 0.3) is 0 Å². The monoisotopic (exact) mass is 211 g/mol. The van der Waals surface area contributed by atoms with Crippen LogP contribution in [-0.2, 0) is 0 Å². The Bertz CT molecular complexity index is 83.7. The lowest BCUT2D eigenvalue weighted by atomic mass is 10.3. The average Bonchev–Trinajstić information content (AvgIpc) is 1.65. The van der Waals surface area contributed by atoms with Gasteiger partial charge in [-0.05, 0) is 20.3 Å². The summed E-state index contributed by atoms with van der Waals surface area (Å²) < 4.78 is 0.149. The van der Waals surface area contributed by atoms with E-state index in [1.54, 1.807) is 0 Å². The zero-order valence-corrected chi connectivity index (χ0v) is 8.85. The first-order chi connectivity index (χ1) is 4.00. The van der Waals surface area contributed by atoms with Crippen LogP contribution in [0.15, 0.2) is 0 Å². The number of quaternary nitrogens is 1. The van der Waals surface area contributed by atoms with Crippen LogP contribution >= 0.6 is 0 Å². The molecular formula is C7H18BrNO. The van der Waals surface area contributed by atoms with Crippen molar-refractivity contribution in [3.8, 4) is 0 Å². The Morgan fingerprint density at radius 1 is 1.40 bits per heavy atom. The molecule has 64 valence electrons. The summed E-state index contributed by atoms with van der Waals surface area (Å²) in [6.45, 7) is 6.97. The fraction of sp³-hybridized carbons (Fsp3) is 1.00. The van der Waals surface area contributed by atoms with Crippen LogP contribution in [0.4, 0.5) is 0 Å². The highest BCUT2D eigenvalue weighted by atomic mass is 79.9. The maximum atomic E-state index is 9.53. The Balaban J connectivity index is 0. The largest absolute Gasteiger partial charge is 1.00 e. The first-order valence-corrected chi connectivity index (χ1v) is 3.58. The van der Waals surface area contributed by atoms with Crippen LogP contribution in [0.5, 0.6) is 0 Å². The number of hydrogen-bond acceptors (Lipinski definition) is 1. The summed E-state index contributed by atoms with van der Waals surface area (Å²) >= 11 is 0. The molecule has 0 aliphatic rings. The van der Waals surface area contributed by atoms with Gasteiger partial charge in [-0.15, -0.1) is 0 Å². The van der Waals surface area contributed by atoms with Gasteiger partial charge in [-0.2, -0.15) is 4.65 Å². The normalized spacial score (nSPS) is 16.2. The third kappa shape index (κ3) is 4.25. The van der Waals surface area contributed by atoms with E-state index in [9.17, 15) is 5.21 Å². The molecule has 0 saturated heterocycles. The molecule has 0 spiro atoms. The molecule has 1 atom stereocenters. The van der Waals surface area contributed by atoms with Crippen molar-refractivity contribution in [2.45, 2.75) is 33.2 Å². The highest BCUT2D eigenvalue weighted by molar-refractivity contribution is 4.34. The molecule has 0 aromatic heterocycles. The van der Waals surface area contributed by atoms with Gasteiger partial charge in [0.1, 0.15) is 12.6 Å². The van der Waals surface area contributed by atoms with E-state index in [2.05, 4.69) is 6.92 Å². The quantitative estimate of drug-likeness (QED) is 0.453. The summed E-state index contributed by atoms with van der Waals surface area (Å²) in [5.74, 6) is 0. The smallest absolute Gasteiger partial charge is 0.113 e. The third-order valence-electron chi connectivity index (χ3n) is 1.79. The Labute approximate surface area is 74.2 Å². The minimum atomic E-state index is 0. The maximum Gasteiger partial charge on any atom is 0.113 e. The molecule has 0 aromatic carbocycles. The molecule has 0 aliphatic heterocycles. The van der Waals surface area contributed by atoms with E-state index in [-0.39, 0.29) is 21.6 Å². The van der Waals surface area contributed by atoms with Crippen molar-refractivity contribution in [3.63, 3.8) is 0 Å². The second-order valence-corrected chi connectivity index (χ2v) is 3.03. The lowest BCUT2D eigenvalue weighted by molar-refractivity contribution is -1.10. The molecular weight excluding hydrogens is 194 g/mol. The third-order valence-corrected chi connectivity index (χ3v) is 1.79. The van der Waals surface area contributed by atoms with Crippen LogP contribution in [0.2, 0.25) is 0 Å². The Hall–Kier alpha value is 0.400. The number of halogens is 1. The van der Waals surface area contributed by atoms with E-state index in [1.165, 1.54) is 0 Å². The van der Waals surface area contributed by atoms with Gasteiger partial charge in [0.25, 0.3) is 0 Å². The molecule has 0 aromatic rings. The summed E-state index contributed by atoms with van der Waals surface area (Å²) in [5.41, 5.74) is 0. The van der Waals surface area contributed by atoms with Crippen molar-refractivity contribution in [2.24, 2.45) is 0 Å². The van der Waals surface area contributed by atoms with E-state index < -0.39 is 0 Å². The van der Waals surface area contributed by atoms with Crippen LogP contribution in [-0.4, -0.2) is 29.5 Å². The fourth-order valence-electron chi connectivity index (χ4n) is 0.711. The first-order valence-electron chi connectivity index (χ1n) is 3.58. The van der Waals surface area contributed by atoms with Crippen LogP contribution in [0.3, 0.4) is 0 Å². The zero-order chi connectivity index (χ0) is 7.49. The van der Waals surface area contributed by atoms with Gasteiger partial charge < -0.3 is 17.0 Å². The van der Waals surface area contributed by atoms with Gasteiger partial charge in [0.05, 0.1) is 7.05 Å². The summed E-state index contributed by atoms with van der Waals surface area (Å²) in [7, 11) is 1.84. The summed E-state index contributed by atoms with van der Waals surface area (Å²) in [4.78, 5) is 0. The molecule has 0 heterocycles. The van der Waals surface area contributed by atoms with Crippen LogP contribution < -0.4 is 17.0 Å². The molecule has 0 rings (SSSR count). The number of hydrogen-bond donors (Lipinski definition) is 1. The lowest BCUT2D eigenvalue weighted by Crippen LogP contribution is -3.00. The van der Waals surface area contributed by atoms with E-state index in [4.69, 9.17) is 0 Å². The topological polar surface area (TPSA) is 20.2 Å². The summed E-state index contributed by atoms with van der Waals surface area (Å²) in [6, 6.07) is 0.310. The summed E-state index contributed by atoms with van der Waals surface area (Å²) in [6.07, 6.45) is 1.03. The SMILES string of the molecule is CCC[N+](C)(O)C(C)C.[Br-]. The van der Waals surface area contributed by atoms with Gasteiger partial charge in [0.15, 0.2) is 0 Å². The molecule has 3 heteroatoms. The number of rotatable bonds is 3. The Kier molecular flexibility index (Phi) is 6.65. The molecule has 10 heavy (non-hydrogen) atoms. The van der Waals surface area contributed by atoms with Gasteiger partial charge in [-0.3, -0.25) is 0 Å². The summed E-state index contributed by atoms with van der Waals surface area (Å²) in [5, 5.41) is 9.53. The Morgan fingerprint density at radius 2 is 1.80 bits per heavy atom. The molecule has 1 unspecified atom stereocenters. The van der Waals surface area contributed by atoms with E-state index >= 15 is 0 Å². The molecule has 1 N–H and O–H groups in total. The molecule has 0 bridgehead atoms. The molecule has 0 radical (unpaired) electrons. The number of hydroxylamine groups is 3. The van der Waals surface area contributed by atoms with Gasteiger partial charge in [-0.25, -0.2) is 5.21 Å². The lowest BCUT2D eigenvalue weighted by Gasteiger charge is -2.28. The molecule has 0 amide bonds. The average molecular weight is 212 g/mol. The van der Waals surface area contributed by atoms with Crippen molar-refractivity contribution in [1.29, 1.82) is 0 Å². The minimum absolute atomic E-state index is 0. The predicted molar refractivity (Wildman–Crippen MR) is 38.3 cm³/mol. The van der Waals surface area contributed by atoms with E-state index in [0.717, 1.165) is 13.0 Å². The van der Waals surface area contributed by atoms with Gasteiger partial charge in [0, 0.05) is 0 Å². The molecule has 2 nitrogen and oxygen atoms in total. The zero-order valence-electron chi connectivity index (χ0n) is 7.26. The van der Waals surface area contributed by atoms with E-state index in [0.29, 0.717) is 6.04 Å². The standard InChI is InChI=1S/C7H18NO.BrH/c1-5-6-8(4,9)7(2)3;/h7,9H,5-6H2,1-4H3;1H/q+1;/p-1. The van der Waals surface area contributed by atoms with Crippen molar-refractivity contribution in [3.05, 3.63) is 0 Å². The highest BCUT2D eigenvalue weighted by Gasteiger charge is 2.21. The van der Waals surface area contributed by atoms with Crippen LogP contribution in [0, 0.1) is 0 Å². The van der Waals surface area contributed by atoms with Crippen molar-refractivity contribution < 1.29 is 26.8 Å². The van der Waals surface area contributed by atoms with Crippen molar-refractivity contribution in [2.75, 3.05) is 13.6 Å². The first kappa shape index (κ1) is 13.0. The van der Waals surface area contributed by atoms with Gasteiger partial charge in [-0.1, -0.05) is 6.92 Å². The fourth-order valence-corrected chi connectivity index (χ4v) is 0.711. The molecule has 0 saturated carbocycles. The van der Waals surface area contributed by atoms with Crippen molar-refractivity contribution >= 4 is 0 Å². The van der Waals surface area contributed by atoms with Gasteiger partial charge in [0.2, 0.25) is 0 Å². The Morgan fingerprint density at radius 3 is 1.90 bits per heavy atom. The highest BCUT2D eigenvalue weighted by Crippen LogP contribution is 2.04.